The maximum atomic E-state index is 12.4. The van der Waals surface area contributed by atoms with Gasteiger partial charge in [-0.1, -0.05) is 6.07 Å². The van der Waals surface area contributed by atoms with Crippen LogP contribution in [0, 0.1) is 0 Å². The Labute approximate surface area is 151 Å². The summed E-state index contributed by atoms with van der Waals surface area (Å²) >= 11 is 0. The van der Waals surface area contributed by atoms with Gasteiger partial charge in [0.1, 0.15) is 5.75 Å². The molecule has 0 saturated carbocycles. The minimum atomic E-state index is -0.470. The van der Waals surface area contributed by atoms with Crippen molar-refractivity contribution in [1.29, 1.82) is 0 Å². The SMILES string of the molecule is COC(=O)COc1cccc(NC(=O)c2ccn(C3CCCNC3)n2)c1. The van der Waals surface area contributed by atoms with E-state index in [4.69, 9.17) is 4.74 Å². The van der Waals surface area contributed by atoms with Gasteiger partial charge < -0.3 is 20.1 Å². The van der Waals surface area contributed by atoms with Gasteiger partial charge in [0.25, 0.3) is 5.91 Å². The summed E-state index contributed by atoms with van der Waals surface area (Å²) in [6, 6.07) is 8.80. The van der Waals surface area contributed by atoms with Crippen LogP contribution in [0.1, 0.15) is 29.4 Å². The Balaban J connectivity index is 1.61. The first-order chi connectivity index (χ1) is 12.7. The van der Waals surface area contributed by atoms with Crippen LogP contribution < -0.4 is 15.4 Å². The topological polar surface area (TPSA) is 94.5 Å². The van der Waals surface area contributed by atoms with Crippen molar-refractivity contribution in [2.45, 2.75) is 18.9 Å². The number of methoxy groups -OCH3 is 1. The van der Waals surface area contributed by atoms with Crippen LogP contribution in [0.15, 0.2) is 36.5 Å². The predicted molar refractivity (Wildman–Crippen MR) is 95.3 cm³/mol. The van der Waals surface area contributed by atoms with Crippen molar-refractivity contribution in [3.63, 3.8) is 0 Å². The first kappa shape index (κ1) is 17.9. The summed E-state index contributed by atoms with van der Waals surface area (Å²) in [4.78, 5) is 23.6. The van der Waals surface area contributed by atoms with Gasteiger partial charge in [-0.25, -0.2) is 4.79 Å². The van der Waals surface area contributed by atoms with Crippen molar-refractivity contribution in [2.75, 3.05) is 32.1 Å². The van der Waals surface area contributed by atoms with E-state index in [1.807, 2.05) is 10.9 Å². The fraction of sp³-hybridized carbons (Fsp3) is 0.389. The molecule has 1 fully saturated rings. The molecule has 8 nitrogen and oxygen atoms in total. The molecule has 1 unspecified atom stereocenters. The first-order valence-corrected chi connectivity index (χ1v) is 8.52. The second-order valence-electron chi connectivity index (χ2n) is 6.03. The monoisotopic (exact) mass is 358 g/mol. The van der Waals surface area contributed by atoms with E-state index in [1.54, 1.807) is 30.3 Å². The maximum Gasteiger partial charge on any atom is 0.343 e. The fourth-order valence-corrected chi connectivity index (χ4v) is 2.78. The number of benzene rings is 1. The zero-order valence-electron chi connectivity index (χ0n) is 14.6. The van der Waals surface area contributed by atoms with E-state index in [2.05, 4.69) is 20.5 Å². The van der Waals surface area contributed by atoms with Gasteiger partial charge in [-0.15, -0.1) is 0 Å². The third-order valence-electron chi connectivity index (χ3n) is 4.16. The summed E-state index contributed by atoms with van der Waals surface area (Å²) < 4.78 is 11.7. The number of anilines is 1. The van der Waals surface area contributed by atoms with Crippen LogP contribution in [0.3, 0.4) is 0 Å². The highest BCUT2D eigenvalue weighted by atomic mass is 16.6. The molecule has 1 saturated heterocycles. The lowest BCUT2D eigenvalue weighted by Gasteiger charge is -2.22. The number of esters is 1. The molecule has 8 heteroatoms. The van der Waals surface area contributed by atoms with Crippen LogP contribution in [-0.4, -0.2) is 48.5 Å². The number of ether oxygens (including phenoxy) is 2. The van der Waals surface area contributed by atoms with Gasteiger partial charge in [-0.2, -0.15) is 5.10 Å². The van der Waals surface area contributed by atoms with Crippen LogP contribution in [-0.2, 0) is 9.53 Å². The maximum absolute atomic E-state index is 12.4. The Bertz CT molecular complexity index is 768. The highest BCUT2D eigenvalue weighted by Gasteiger charge is 2.18. The lowest BCUT2D eigenvalue weighted by molar-refractivity contribution is -0.142. The predicted octanol–water partition coefficient (Wildman–Crippen LogP) is 1.61. The second kappa shape index (κ2) is 8.48. The van der Waals surface area contributed by atoms with E-state index in [9.17, 15) is 9.59 Å². The average Bonchev–Trinajstić information content (AvgIpc) is 3.17. The van der Waals surface area contributed by atoms with Gasteiger partial charge in [0.05, 0.1) is 13.2 Å². The lowest BCUT2D eigenvalue weighted by atomic mass is 10.1. The number of hydrogen-bond acceptors (Lipinski definition) is 6. The number of amides is 1. The molecule has 1 aromatic carbocycles. The third kappa shape index (κ3) is 4.60. The molecule has 26 heavy (non-hydrogen) atoms. The Kier molecular flexibility index (Phi) is 5.85. The molecule has 3 rings (SSSR count). The number of nitrogens with zero attached hydrogens (tertiary/aromatic N) is 2. The van der Waals surface area contributed by atoms with E-state index in [0.29, 0.717) is 17.1 Å². The summed E-state index contributed by atoms with van der Waals surface area (Å²) in [5.41, 5.74) is 0.919. The molecule has 0 radical (unpaired) electrons. The van der Waals surface area contributed by atoms with Gasteiger partial charge in [0.2, 0.25) is 0 Å². The van der Waals surface area contributed by atoms with E-state index in [-0.39, 0.29) is 18.6 Å². The number of hydrogen-bond donors (Lipinski definition) is 2. The zero-order valence-corrected chi connectivity index (χ0v) is 14.6. The van der Waals surface area contributed by atoms with Gasteiger partial charge in [0, 0.05) is 24.5 Å². The van der Waals surface area contributed by atoms with Gasteiger partial charge in [0.15, 0.2) is 12.3 Å². The second-order valence-corrected chi connectivity index (χ2v) is 6.03. The molecular formula is C18H22N4O4. The minimum absolute atomic E-state index is 0.187. The summed E-state index contributed by atoms with van der Waals surface area (Å²) in [5.74, 6) is -0.299. The molecule has 0 bridgehead atoms. The highest BCUT2D eigenvalue weighted by molar-refractivity contribution is 6.02. The van der Waals surface area contributed by atoms with Crippen LogP contribution >= 0.6 is 0 Å². The van der Waals surface area contributed by atoms with E-state index in [0.717, 1.165) is 25.9 Å². The number of carbonyl (C=O) groups excluding carboxylic acids is 2. The average molecular weight is 358 g/mol. The molecule has 0 aliphatic carbocycles. The quantitative estimate of drug-likeness (QED) is 0.762. The van der Waals surface area contributed by atoms with E-state index in [1.165, 1.54) is 7.11 Å². The van der Waals surface area contributed by atoms with Crippen molar-refractivity contribution in [3.8, 4) is 5.75 Å². The summed E-state index contributed by atoms with van der Waals surface area (Å²) in [7, 11) is 1.30. The zero-order chi connectivity index (χ0) is 18.4. The summed E-state index contributed by atoms with van der Waals surface area (Å²) in [5, 5.41) is 10.5. The van der Waals surface area contributed by atoms with Crippen LogP contribution in [0.4, 0.5) is 5.69 Å². The Hall–Kier alpha value is -2.87. The molecule has 1 aliphatic heterocycles. The molecule has 1 amide bonds. The number of rotatable bonds is 6. The molecule has 2 aromatic rings. The van der Waals surface area contributed by atoms with Gasteiger partial charge in [-0.05, 0) is 37.6 Å². The smallest absolute Gasteiger partial charge is 0.343 e. The van der Waals surface area contributed by atoms with Crippen molar-refractivity contribution in [1.82, 2.24) is 15.1 Å². The van der Waals surface area contributed by atoms with Crippen molar-refractivity contribution < 1.29 is 19.1 Å². The molecule has 2 N–H and O–H groups in total. The Morgan fingerprint density at radius 1 is 1.38 bits per heavy atom. The molecule has 1 aromatic heterocycles. The molecule has 0 spiro atoms. The van der Waals surface area contributed by atoms with Crippen LogP contribution in [0.25, 0.3) is 0 Å². The lowest BCUT2D eigenvalue weighted by Crippen LogP contribution is -2.32. The molecule has 1 aliphatic rings. The van der Waals surface area contributed by atoms with Crippen molar-refractivity contribution in [2.24, 2.45) is 0 Å². The molecule has 1 atom stereocenters. The normalized spacial score (nSPS) is 16.7. The largest absolute Gasteiger partial charge is 0.482 e. The summed E-state index contributed by atoms with van der Waals surface area (Å²) in [6.45, 7) is 1.70. The Morgan fingerprint density at radius 3 is 3.04 bits per heavy atom. The van der Waals surface area contributed by atoms with E-state index < -0.39 is 5.97 Å². The Morgan fingerprint density at radius 2 is 2.27 bits per heavy atom. The van der Waals surface area contributed by atoms with Crippen LogP contribution in [0.2, 0.25) is 0 Å². The fourth-order valence-electron chi connectivity index (χ4n) is 2.78. The van der Waals surface area contributed by atoms with Gasteiger partial charge >= 0.3 is 5.97 Å². The standard InChI is InChI=1S/C18H22N4O4/c1-25-17(23)12-26-15-6-2-4-13(10-15)20-18(24)16-7-9-22(21-16)14-5-3-8-19-11-14/h2,4,6-7,9-10,14,19H,3,5,8,11-12H2,1H3,(H,20,24). The number of aromatic nitrogens is 2. The minimum Gasteiger partial charge on any atom is -0.482 e. The first-order valence-electron chi connectivity index (χ1n) is 8.52. The molecular weight excluding hydrogens is 336 g/mol. The van der Waals surface area contributed by atoms with Crippen LogP contribution in [0.5, 0.6) is 5.75 Å². The number of carbonyl (C=O) groups is 2. The van der Waals surface area contributed by atoms with E-state index >= 15 is 0 Å². The molecule has 2 heterocycles. The van der Waals surface area contributed by atoms with Crippen molar-refractivity contribution in [3.05, 3.63) is 42.2 Å². The highest BCUT2D eigenvalue weighted by Crippen LogP contribution is 2.19. The molecule has 138 valence electrons. The summed E-state index contributed by atoms with van der Waals surface area (Å²) in [6.07, 6.45) is 3.99. The number of piperidine rings is 1. The number of nitrogens with one attached hydrogen (secondary N) is 2. The third-order valence-corrected chi connectivity index (χ3v) is 4.16. The van der Waals surface area contributed by atoms with Crippen molar-refractivity contribution >= 4 is 17.6 Å². The van der Waals surface area contributed by atoms with Gasteiger partial charge in [-0.3, -0.25) is 9.48 Å².